The summed E-state index contributed by atoms with van der Waals surface area (Å²) in [4.78, 5) is 3.85. The number of nitrogens with one attached hydrogen (secondary N) is 3. The van der Waals surface area contributed by atoms with Crippen LogP contribution in [0.2, 0.25) is 0 Å². The molecule has 3 N–H and O–H groups in total. The fraction of sp³-hybridized carbons (Fsp3) is 0.636. The van der Waals surface area contributed by atoms with Gasteiger partial charge in [-0.3, -0.25) is 0 Å². The topological polar surface area (TPSA) is 49.1 Å². The van der Waals surface area contributed by atoms with Crippen molar-refractivity contribution in [2.24, 2.45) is 0 Å². The van der Waals surface area contributed by atoms with Gasteiger partial charge in [0.05, 0.1) is 5.52 Å². The molecule has 2 atom stereocenters. The van der Waals surface area contributed by atoms with Crippen LogP contribution in [0, 0.1) is 0 Å². The standard InChI is InChI=1S/C22H32ClN3O/c1-21(2,3)27-17-8-4-6-15-16(7-5-11-23)20(26-19(15)17)22-10-13-25-18(22)9-12-24-14-22/h4,6,8,18,24-26H,5,7,9-14H2,1-3H3. The molecule has 0 spiro atoms. The third-order valence-electron chi connectivity index (χ3n) is 6.06. The van der Waals surface area contributed by atoms with Crippen LogP contribution in [-0.2, 0) is 11.8 Å². The van der Waals surface area contributed by atoms with Crippen molar-refractivity contribution in [3.05, 3.63) is 29.5 Å². The summed E-state index contributed by atoms with van der Waals surface area (Å²) < 4.78 is 6.30. The molecule has 1 aromatic heterocycles. The normalized spacial score (nSPS) is 25.7. The van der Waals surface area contributed by atoms with Crippen LogP contribution in [0.1, 0.15) is 51.3 Å². The molecule has 4 nitrogen and oxygen atoms in total. The fourth-order valence-electron chi connectivity index (χ4n) is 4.96. The zero-order valence-corrected chi connectivity index (χ0v) is 17.5. The summed E-state index contributed by atoms with van der Waals surface area (Å²) in [6.45, 7) is 9.51. The minimum Gasteiger partial charge on any atom is -0.486 e. The largest absolute Gasteiger partial charge is 0.486 e. The summed E-state index contributed by atoms with van der Waals surface area (Å²) in [5.74, 6) is 1.64. The van der Waals surface area contributed by atoms with E-state index in [4.69, 9.17) is 16.3 Å². The minimum absolute atomic E-state index is 0.137. The Labute approximate surface area is 167 Å². The Hall–Kier alpha value is -1.23. The number of aromatic nitrogens is 1. The molecule has 3 heterocycles. The van der Waals surface area contributed by atoms with E-state index in [1.165, 1.54) is 29.5 Å². The van der Waals surface area contributed by atoms with E-state index >= 15 is 0 Å². The van der Waals surface area contributed by atoms with E-state index in [0.29, 0.717) is 11.9 Å². The van der Waals surface area contributed by atoms with Gasteiger partial charge in [-0.05, 0) is 71.2 Å². The van der Waals surface area contributed by atoms with Gasteiger partial charge < -0.3 is 20.4 Å². The maximum atomic E-state index is 6.30. The van der Waals surface area contributed by atoms with Crippen LogP contribution in [0.3, 0.4) is 0 Å². The Morgan fingerprint density at radius 3 is 2.89 bits per heavy atom. The molecule has 1 aromatic carbocycles. The Morgan fingerprint density at radius 1 is 1.26 bits per heavy atom. The van der Waals surface area contributed by atoms with Crippen molar-refractivity contribution >= 4 is 22.5 Å². The van der Waals surface area contributed by atoms with Crippen LogP contribution in [0.15, 0.2) is 18.2 Å². The van der Waals surface area contributed by atoms with E-state index in [9.17, 15) is 0 Å². The number of benzene rings is 1. The van der Waals surface area contributed by atoms with Gasteiger partial charge in [-0.1, -0.05) is 12.1 Å². The number of alkyl halides is 1. The number of hydrogen-bond donors (Lipinski definition) is 3. The summed E-state index contributed by atoms with van der Waals surface area (Å²) in [7, 11) is 0. The molecule has 2 aromatic rings. The number of aryl methyl sites for hydroxylation is 1. The van der Waals surface area contributed by atoms with Crippen molar-refractivity contribution in [3.8, 4) is 5.75 Å². The van der Waals surface area contributed by atoms with E-state index in [1.807, 2.05) is 0 Å². The van der Waals surface area contributed by atoms with Gasteiger partial charge in [0.15, 0.2) is 0 Å². The lowest BCUT2D eigenvalue weighted by atomic mass is 9.72. The summed E-state index contributed by atoms with van der Waals surface area (Å²) in [5, 5.41) is 8.71. The predicted octanol–water partition coefficient (Wildman–Crippen LogP) is 4.11. The fourth-order valence-corrected chi connectivity index (χ4v) is 5.10. The van der Waals surface area contributed by atoms with E-state index < -0.39 is 0 Å². The van der Waals surface area contributed by atoms with Gasteiger partial charge >= 0.3 is 0 Å². The number of hydrogen-bond acceptors (Lipinski definition) is 3. The molecule has 0 radical (unpaired) electrons. The Kier molecular flexibility index (Phi) is 5.17. The van der Waals surface area contributed by atoms with E-state index in [-0.39, 0.29) is 11.0 Å². The SMILES string of the molecule is CC(C)(C)Oc1cccc2c(CCCCl)c(C34CCNC3CCNC4)[nH]c12. The van der Waals surface area contributed by atoms with Gasteiger partial charge in [0, 0.05) is 35.0 Å². The molecule has 2 aliphatic heterocycles. The van der Waals surface area contributed by atoms with Crippen molar-refractivity contribution in [3.63, 3.8) is 0 Å². The van der Waals surface area contributed by atoms with Gasteiger partial charge in [0.25, 0.3) is 0 Å². The summed E-state index contributed by atoms with van der Waals surface area (Å²) in [6.07, 6.45) is 4.34. The first-order valence-electron chi connectivity index (χ1n) is 10.3. The van der Waals surface area contributed by atoms with Gasteiger partial charge in [-0.25, -0.2) is 0 Å². The average molecular weight is 390 g/mol. The van der Waals surface area contributed by atoms with Crippen LogP contribution >= 0.6 is 11.6 Å². The molecule has 2 fully saturated rings. The van der Waals surface area contributed by atoms with Crippen LogP contribution in [-0.4, -0.2) is 42.1 Å². The number of piperidine rings is 1. The molecule has 0 amide bonds. The van der Waals surface area contributed by atoms with Gasteiger partial charge in [-0.15, -0.1) is 11.6 Å². The van der Waals surface area contributed by atoms with Gasteiger partial charge in [0.1, 0.15) is 11.4 Å². The van der Waals surface area contributed by atoms with Crippen molar-refractivity contribution in [1.82, 2.24) is 15.6 Å². The lowest BCUT2D eigenvalue weighted by Crippen LogP contribution is -2.53. The third kappa shape index (κ3) is 3.48. The lowest BCUT2D eigenvalue weighted by molar-refractivity contribution is 0.133. The lowest BCUT2D eigenvalue weighted by Gasteiger charge is -2.39. The smallest absolute Gasteiger partial charge is 0.144 e. The minimum atomic E-state index is -0.224. The van der Waals surface area contributed by atoms with Crippen molar-refractivity contribution in [2.75, 3.05) is 25.5 Å². The van der Waals surface area contributed by atoms with Crippen LogP contribution in [0.4, 0.5) is 0 Å². The Bertz CT molecular complexity index is 810. The third-order valence-corrected chi connectivity index (χ3v) is 6.32. The number of halogens is 1. The second-order valence-corrected chi connectivity index (χ2v) is 9.42. The van der Waals surface area contributed by atoms with Gasteiger partial charge in [-0.2, -0.15) is 0 Å². The molecule has 0 bridgehead atoms. The number of rotatable bonds is 5. The quantitative estimate of drug-likeness (QED) is 0.674. The number of para-hydroxylation sites is 1. The Morgan fingerprint density at radius 2 is 2.11 bits per heavy atom. The highest BCUT2D eigenvalue weighted by Gasteiger charge is 2.48. The predicted molar refractivity (Wildman–Crippen MR) is 113 cm³/mol. The van der Waals surface area contributed by atoms with Gasteiger partial charge in [0.2, 0.25) is 0 Å². The van der Waals surface area contributed by atoms with Crippen molar-refractivity contribution in [2.45, 2.75) is 63.5 Å². The zero-order valence-electron chi connectivity index (χ0n) is 16.8. The number of H-pyrrole nitrogens is 1. The second kappa shape index (κ2) is 7.31. The molecule has 0 aliphatic carbocycles. The average Bonchev–Trinajstić information content (AvgIpc) is 3.21. The van der Waals surface area contributed by atoms with Crippen molar-refractivity contribution < 1.29 is 4.74 Å². The van der Waals surface area contributed by atoms with E-state index in [2.05, 4.69) is 54.6 Å². The summed E-state index contributed by atoms with van der Waals surface area (Å²) in [5.41, 5.74) is 3.88. The molecule has 4 rings (SSSR count). The first-order valence-corrected chi connectivity index (χ1v) is 10.8. The number of aromatic amines is 1. The van der Waals surface area contributed by atoms with Crippen LogP contribution in [0.5, 0.6) is 5.75 Å². The molecular formula is C22H32ClN3O. The maximum Gasteiger partial charge on any atom is 0.144 e. The molecule has 5 heteroatoms. The number of fused-ring (bicyclic) bond motifs is 2. The Balaban J connectivity index is 1.87. The first-order chi connectivity index (χ1) is 12.9. The van der Waals surface area contributed by atoms with Crippen LogP contribution in [0.25, 0.3) is 10.9 Å². The highest BCUT2D eigenvalue weighted by molar-refractivity contribution is 6.17. The number of ether oxygens (including phenoxy) is 1. The molecule has 2 aliphatic rings. The van der Waals surface area contributed by atoms with E-state index in [1.54, 1.807) is 0 Å². The molecule has 2 unspecified atom stereocenters. The van der Waals surface area contributed by atoms with Crippen molar-refractivity contribution in [1.29, 1.82) is 0 Å². The first kappa shape index (κ1) is 19.1. The molecule has 27 heavy (non-hydrogen) atoms. The monoisotopic (exact) mass is 389 g/mol. The highest BCUT2D eigenvalue weighted by atomic mass is 35.5. The maximum absolute atomic E-state index is 6.30. The molecule has 0 saturated carbocycles. The molecular weight excluding hydrogens is 358 g/mol. The molecule has 148 valence electrons. The summed E-state index contributed by atoms with van der Waals surface area (Å²) in [6, 6.07) is 6.97. The van der Waals surface area contributed by atoms with Crippen LogP contribution < -0.4 is 15.4 Å². The molecule has 2 saturated heterocycles. The second-order valence-electron chi connectivity index (χ2n) is 9.04. The summed E-state index contributed by atoms with van der Waals surface area (Å²) >= 11 is 6.08. The van der Waals surface area contributed by atoms with E-state index in [0.717, 1.165) is 43.7 Å². The highest BCUT2D eigenvalue weighted by Crippen LogP contribution is 2.43. The zero-order chi connectivity index (χ0) is 19.1.